The first kappa shape index (κ1) is 17.7. The molecule has 1 fully saturated rings. The Kier molecular flexibility index (Phi) is 6.37. The van der Waals surface area contributed by atoms with E-state index in [0.717, 1.165) is 6.42 Å². The van der Waals surface area contributed by atoms with Gasteiger partial charge < -0.3 is 20.1 Å². The summed E-state index contributed by atoms with van der Waals surface area (Å²) in [6.07, 6.45) is 0.778. The third kappa shape index (κ3) is 5.49. The molecule has 8 heteroatoms. The Hall–Kier alpha value is -1.64. The number of anilines is 1. The molecule has 0 spiro atoms. The van der Waals surface area contributed by atoms with Crippen molar-refractivity contribution in [1.29, 1.82) is 0 Å². The van der Waals surface area contributed by atoms with Crippen molar-refractivity contribution in [3.05, 3.63) is 24.3 Å². The zero-order valence-electron chi connectivity index (χ0n) is 13.1. The second-order valence-corrected chi connectivity index (χ2v) is 7.44. The Morgan fingerprint density at radius 2 is 2.09 bits per heavy atom. The Bertz CT molecular complexity index is 609. The SMILES string of the molecule is COCCNC(=O)Nc1ccc(S(=O)(=O)CC2CCOC2)cc1. The number of carbonyl (C=O) groups is 1. The van der Waals surface area contributed by atoms with E-state index < -0.39 is 9.84 Å². The fourth-order valence-corrected chi connectivity index (χ4v) is 3.94. The van der Waals surface area contributed by atoms with Gasteiger partial charge in [0.05, 0.1) is 23.9 Å². The van der Waals surface area contributed by atoms with Crippen LogP contribution >= 0.6 is 0 Å². The number of rotatable bonds is 7. The summed E-state index contributed by atoms with van der Waals surface area (Å²) in [4.78, 5) is 11.8. The summed E-state index contributed by atoms with van der Waals surface area (Å²) in [5.74, 6) is 0.154. The minimum absolute atomic E-state index is 0.0596. The number of nitrogens with one attached hydrogen (secondary N) is 2. The summed E-state index contributed by atoms with van der Waals surface area (Å²) in [6.45, 7) is 1.95. The van der Waals surface area contributed by atoms with E-state index in [0.29, 0.717) is 32.1 Å². The number of ether oxygens (including phenoxy) is 2. The van der Waals surface area contributed by atoms with Crippen LogP contribution in [0.2, 0.25) is 0 Å². The first-order valence-electron chi connectivity index (χ1n) is 7.45. The molecule has 2 rings (SSSR count). The molecule has 1 aromatic rings. The van der Waals surface area contributed by atoms with Crippen molar-refractivity contribution >= 4 is 21.6 Å². The van der Waals surface area contributed by atoms with Gasteiger partial charge in [0.25, 0.3) is 0 Å². The van der Waals surface area contributed by atoms with E-state index in [1.165, 1.54) is 12.1 Å². The molecular weight excluding hydrogens is 320 g/mol. The highest BCUT2D eigenvalue weighted by Crippen LogP contribution is 2.21. The van der Waals surface area contributed by atoms with Crippen molar-refractivity contribution in [3.8, 4) is 0 Å². The van der Waals surface area contributed by atoms with E-state index >= 15 is 0 Å². The fraction of sp³-hybridized carbons (Fsp3) is 0.533. The molecule has 0 saturated carbocycles. The normalized spacial score (nSPS) is 17.9. The van der Waals surface area contributed by atoms with Gasteiger partial charge in [-0.2, -0.15) is 0 Å². The number of hydrogen-bond donors (Lipinski definition) is 2. The highest BCUT2D eigenvalue weighted by Gasteiger charge is 2.24. The summed E-state index contributed by atoms with van der Waals surface area (Å²) in [7, 11) is -1.78. The maximum atomic E-state index is 12.3. The second kappa shape index (κ2) is 8.28. The minimum atomic E-state index is -3.33. The summed E-state index contributed by atoms with van der Waals surface area (Å²) in [6, 6.07) is 5.81. The summed E-state index contributed by atoms with van der Waals surface area (Å²) < 4.78 is 34.7. The molecule has 1 atom stereocenters. The van der Waals surface area contributed by atoms with Crippen LogP contribution in [0.3, 0.4) is 0 Å². The van der Waals surface area contributed by atoms with Crippen molar-refractivity contribution in [2.45, 2.75) is 11.3 Å². The molecule has 2 amide bonds. The number of hydrogen-bond acceptors (Lipinski definition) is 5. The van der Waals surface area contributed by atoms with Crippen LogP contribution in [0, 0.1) is 5.92 Å². The van der Waals surface area contributed by atoms with Crippen LogP contribution in [0.15, 0.2) is 29.2 Å². The largest absolute Gasteiger partial charge is 0.383 e. The van der Waals surface area contributed by atoms with Gasteiger partial charge in [-0.3, -0.25) is 0 Å². The minimum Gasteiger partial charge on any atom is -0.383 e. The molecule has 128 valence electrons. The maximum Gasteiger partial charge on any atom is 0.319 e. The van der Waals surface area contributed by atoms with E-state index in [4.69, 9.17) is 9.47 Å². The topological polar surface area (TPSA) is 93.7 Å². The lowest BCUT2D eigenvalue weighted by molar-refractivity contribution is 0.188. The van der Waals surface area contributed by atoms with E-state index in [2.05, 4.69) is 10.6 Å². The number of amides is 2. The van der Waals surface area contributed by atoms with Gasteiger partial charge in [0.15, 0.2) is 9.84 Å². The number of benzene rings is 1. The first-order chi connectivity index (χ1) is 11.0. The molecule has 23 heavy (non-hydrogen) atoms. The fourth-order valence-electron chi connectivity index (χ4n) is 2.31. The van der Waals surface area contributed by atoms with Crippen molar-refractivity contribution in [2.24, 2.45) is 5.92 Å². The van der Waals surface area contributed by atoms with Crippen molar-refractivity contribution < 1.29 is 22.7 Å². The maximum absolute atomic E-state index is 12.3. The predicted octanol–water partition coefficient (Wildman–Crippen LogP) is 1.26. The van der Waals surface area contributed by atoms with E-state index in [9.17, 15) is 13.2 Å². The molecule has 0 aliphatic carbocycles. The molecular formula is C15H22N2O5S. The Morgan fingerprint density at radius 1 is 1.35 bits per heavy atom. The predicted molar refractivity (Wildman–Crippen MR) is 86.3 cm³/mol. The monoisotopic (exact) mass is 342 g/mol. The van der Waals surface area contributed by atoms with E-state index in [1.54, 1.807) is 19.2 Å². The quantitative estimate of drug-likeness (QED) is 0.728. The second-order valence-electron chi connectivity index (χ2n) is 5.41. The van der Waals surface area contributed by atoms with E-state index in [1.807, 2.05) is 0 Å². The molecule has 1 heterocycles. The zero-order valence-corrected chi connectivity index (χ0v) is 13.9. The lowest BCUT2D eigenvalue weighted by Gasteiger charge is -2.10. The van der Waals surface area contributed by atoms with Gasteiger partial charge in [-0.25, -0.2) is 13.2 Å². The number of methoxy groups -OCH3 is 1. The van der Waals surface area contributed by atoms with Crippen molar-refractivity contribution in [3.63, 3.8) is 0 Å². The number of sulfone groups is 1. The number of carbonyl (C=O) groups excluding carboxylic acids is 1. The van der Waals surface area contributed by atoms with Crippen LogP contribution in [-0.4, -0.2) is 53.7 Å². The van der Waals surface area contributed by atoms with Gasteiger partial charge in [-0.05, 0) is 36.6 Å². The third-order valence-electron chi connectivity index (χ3n) is 3.54. The summed E-state index contributed by atoms with van der Waals surface area (Å²) >= 11 is 0. The van der Waals surface area contributed by atoms with Crippen LogP contribution in [0.25, 0.3) is 0 Å². The van der Waals surface area contributed by atoms with Gasteiger partial charge in [0, 0.05) is 25.9 Å². The summed E-state index contributed by atoms with van der Waals surface area (Å²) in [5.41, 5.74) is 0.531. The zero-order chi connectivity index (χ0) is 16.7. The Labute approximate surface area is 136 Å². The van der Waals surface area contributed by atoms with Gasteiger partial charge in [-0.15, -0.1) is 0 Å². The van der Waals surface area contributed by atoms with E-state index in [-0.39, 0.29) is 22.6 Å². The van der Waals surface area contributed by atoms with Crippen LogP contribution in [0.1, 0.15) is 6.42 Å². The Balaban J connectivity index is 1.91. The Morgan fingerprint density at radius 3 is 2.70 bits per heavy atom. The third-order valence-corrected chi connectivity index (χ3v) is 5.44. The van der Waals surface area contributed by atoms with Gasteiger partial charge >= 0.3 is 6.03 Å². The van der Waals surface area contributed by atoms with Crippen LogP contribution in [0.5, 0.6) is 0 Å². The summed E-state index contributed by atoms with van der Waals surface area (Å²) in [5, 5.41) is 5.25. The average Bonchev–Trinajstić information content (AvgIpc) is 3.00. The van der Waals surface area contributed by atoms with Gasteiger partial charge in [0.2, 0.25) is 0 Å². The molecule has 1 unspecified atom stereocenters. The number of urea groups is 1. The van der Waals surface area contributed by atoms with Gasteiger partial charge in [0.1, 0.15) is 0 Å². The van der Waals surface area contributed by atoms with Crippen LogP contribution in [-0.2, 0) is 19.3 Å². The average molecular weight is 342 g/mol. The molecule has 1 aromatic carbocycles. The molecule has 1 aliphatic rings. The standard InChI is InChI=1S/C15H22N2O5S/c1-21-9-7-16-15(18)17-13-2-4-14(5-3-13)23(19,20)11-12-6-8-22-10-12/h2-5,12H,6-11H2,1H3,(H2,16,17,18). The molecule has 1 saturated heterocycles. The first-order valence-corrected chi connectivity index (χ1v) is 9.11. The molecule has 0 bridgehead atoms. The van der Waals surface area contributed by atoms with Crippen LogP contribution in [0.4, 0.5) is 10.5 Å². The molecule has 2 N–H and O–H groups in total. The van der Waals surface area contributed by atoms with Crippen molar-refractivity contribution in [1.82, 2.24) is 5.32 Å². The highest BCUT2D eigenvalue weighted by atomic mass is 32.2. The van der Waals surface area contributed by atoms with Gasteiger partial charge in [-0.1, -0.05) is 0 Å². The smallest absolute Gasteiger partial charge is 0.319 e. The molecule has 7 nitrogen and oxygen atoms in total. The van der Waals surface area contributed by atoms with Crippen molar-refractivity contribution in [2.75, 3.05) is 44.5 Å². The van der Waals surface area contributed by atoms with Crippen LogP contribution < -0.4 is 10.6 Å². The lowest BCUT2D eigenvalue weighted by Crippen LogP contribution is -2.31. The highest BCUT2D eigenvalue weighted by molar-refractivity contribution is 7.91. The lowest BCUT2D eigenvalue weighted by atomic mass is 10.2. The molecule has 0 aromatic heterocycles. The molecule has 0 radical (unpaired) electrons. The molecule has 1 aliphatic heterocycles.